The summed E-state index contributed by atoms with van der Waals surface area (Å²) in [6.45, 7) is 0.892. The molecule has 1 aliphatic rings. The molecule has 0 saturated carbocycles. The Morgan fingerprint density at radius 2 is 1.62 bits per heavy atom. The third-order valence-corrected chi connectivity index (χ3v) is 7.95. The Morgan fingerprint density at radius 3 is 2.34 bits per heavy atom. The van der Waals surface area contributed by atoms with Gasteiger partial charge in [-0.05, 0) is 77.7 Å². The van der Waals surface area contributed by atoms with Crippen LogP contribution in [0.25, 0.3) is 0 Å². The topological polar surface area (TPSA) is 120 Å². The first-order valence-corrected chi connectivity index (χ1v) is 15.5. The summed E-state index contributed by atoms with van der Waals surface area (Å²) in [6.07, 6.45) is 0.619. The van der Waals surface area contributed by atoms with Crippen molar-refractivity contribution in [1.29, 1.82) is 0 Å². The molecular formula is C37H41N3O7. The lowest BCUT2D eigenvalue weighted by atomic mass is 9.82. The molecular weight excluding hydrogens is 598 g/mol. The number of rotatable bonds is 16. The highest BCUT2D eigenvalue weighted by Crippen LogP contribution is 2.43. The summed E-state index contributed by atoms with van der Waals surface area (Å²) in [5, 5.41) is 9.08. The molecule has 0 saturated heterocycles. The highest BCUT2D eigenvalue weighted by Gasteiger charge is 2.53. The molecule has 3 N–H and O–H groups in total. The molecule has 1 amide bonds. The number of methoxy groups -OCH3 is 3. The van der Waals surface area contributed by atoms with Gasteiger partial charge in [-0.25, -0.2) is 10.4 Å². The highest BCUT2D eigenvalue weighted by molar-refractivity contribution is 6.01. The molecule has 0 unspecified atom stereocenters. The first-order chi connectivity index (χ1) is 23.0. The van der Waals surface area contributed by atoms with Gasteiger partial charge in [-0.3, -0.25) is 10.2 Å². The number of benzene rings is 4. The fraction of sp³-hybridized carbons (Fsp3) is 0.297. The maximum absolute atomic E-state index is 14.4. The molecule has 10 heteroatoms. The SMILES string of the molecule is COc1cccc([C@@H]2OC(c3ccc(OCCCO)cc3)=N[C@]2(Cc2ccccc2)C(=O)NNCCc2cc(OC)ccc2OC)c1. The van der Waals surface area contributed by atoms with Crippen molar-refractivity contribution < 1.29 is 33.6 Å². The van der Waals surface area contributed by atoms with Gasteiger partial charge in [0.25, 0.3) is 5.91 Å². The number of carbonyl (C=O) groups is 1. The molecule has 1 aliphatic heterocycles. The van der Waals surface area contributed by atoms with Crippen LogP contribution in [0.3, 0.4) is 0 Å². The summed E-state index contributed by atoms with van der Waals surface area (Å²) in [6, 6.07) is 30.3. The van der Waals surface area contributed by atoms with Crippen molar-refractivity contribution in [3.8, 4) is 23.0 Å². The van der Waals surface area contributed by atoms with Gasteiger partial charge in [0, 0.05) is 31.6 Å². The second-order valence-corrected chi connectivity index (χ2v) is 11.0. The van der Waals surface area contributed by atoms with Crippen molar-refractivity contribution in [2.45, 2.75) is 30.9 Å². The lowest BCUT2D eigenvalue weighted by Gasteiger charge is -2.31. The number of hydrazine groups is 1. The van der Waals surface area contributed by atoms with Crippen LogP contribution in [-0.4, -0.2) is 63.5 Å². The molecule has 10 nitrogen and oxygen atoms in total. The van der Waals surface area contributed by atoms with Gasteiger partial charge in [-0.2, -0.15) is 0 Å². The number of hydrogen-bond acceptors (Lipinski definition) is 9. The minimum absolute atomic E-state index is 0.0595. The summed E-state index contributed by atoms with van der Waals surface area (Å²) in [7, 11) is 4.85. The monoisotopic (exact) mass is 639 g/mol. The number of aliphatic hydroxyl groups excluding tert-OH is 1. The number of ether oxygens (including phenoxy) is 5. The van der Waals surface area contributed by atoms with Crippen molar-refractivity contribution in [1.82, 2.24) is 10.9 Å². The fourth-order valence-electron chi connectivity index (χ4n) is 5.52. The largest absolute Gasteiger partial charge is 0.497 e. The summed E-state index contributed by atoms with van der Waals surface area (Å²) < 4.78 is 28.8. The number of hydrogen-bond donors (Lipinski definition) is 3. The molecule has 1 heterocycles. The van der Waals surface area contributed by atoms with Crippen LogP contribution in [0.15, 0.2) is 102 Å². The molecule has 0 fully saturated rings. The van der Waals surface area contributed by atoms with Gasteiger partial charge in [0.2, 0.25) is 5.90 Å². The quantitative estimate of drug-likeness (QED) is 0.118. The number of aliphatic hydroxyl groups is 1. The van der Waals surface area contributed by atoms with Gasteiger partial charge in [-0.1, -0.05) is 42.5 Å². The van der Waals surface area contributed by atoms with Crippen LogP contribution in [0.1, 0.15) is 34.8 Å². The van der Waals surface area contributed by atoms with Crippen molar-refractivity contribution in [2.75, 3.05) is 41.1 Å². The predicted molar refractivity (Wildman–Crippen MR) is 179 cm³/mol. The van der Waals surface area contributed by atoms with E-state index >= 15 is 0 Å². The molecule has 0 aromatic heterocycles. The van der Waals surface area contributed by atoms with E-state index in [0.717, 1.165) is 28.2 Å². The third-order valence-electron chi connectivity index (χ3n) is 7.95. The van der Waals surface area contributed by atoms with E-state index in [9.17, 15) is 4.79 Å². The van der Waals surface area contributed by atoms with Crippen LogP contribution in [0.2, 0.25) is 0 Å². The Hall–Kier alpha value is -5.06. The van der Waals surface area contributed by atoms with Gasteiger partial charge >= 0.3 is 0 Å². The minimum Gasteiger partial charge on any atom is -0.497 e. The molecule has 246 valence electrons. The zero-order valence-electron chi connectivity index (χ0n) is 26.9. The van der Waals surface area contributed by atoms with E-state index in [1.807, 2.05) is 97.1 Å². The molecule has 5 rings (SSSR count). The van der Waals surface area contributed by atoms with E-state index in [0.29, 0.717) is 49.0 Å². The van der Waals surface area contributed by atoms with Crippen LogP contribution < -0.4 is 29.8 Å². The van der Waals surface area contributed by atoms with Crippen LogP contribution in [0, 0.1) is 0 Å². The van der Waals surface area contributed by atoms with Crippen molar-refractivity contribution >= 4 is 11.8 Å². The average Bonchev–Trinajstić information content (AvgIpc) is 3.51. The zero-order chi connectivity index (χ0) is 33.1. The van der Waals surface area contributed by atoms with E-state index in [-0.39, 0.29) is 18.9 Å². The zero-order valence-corrected chi connectivity index (χ0v) is 26.9. The van der Waals surface area contributed by atoms with Gasteiger partial charge in [0.1, 0.15) is 23.0 Å². The van der Waals surface area contributed by atoms with Crippen molar-refractivity contribution in [3.05, 3.63) is 119 Å². The summed E-state index contributed by atoms with van der Waals surface area (Å²) >= 11 is 0. The van der Waals surface area contributed by atoms with E-state index < -0.39 is 11.6 Å². The highest BCUT2D eigenvalue weighted by atomic mass is 16.5. The Labute approximate surface area is 275 Å². The van der Waals surface area contributed by atoms with E-state index in [2.05, 4.69) is 10.9 Å². The molecule has 2 atom stereocenters. The Balaban J connectivity index is 1.46. The van der Waals surface area contributed by atoms with E-state index in [1.165, 1.54) is 0 Å². The van der Waals surface area contributed by atoms with Gasteiger partial charge in [0.15, 0.2) is 11.6 Å². The van der Waals surface area contributed by atoms with Gasteiger partial charge in [0.05, 0.1) is 27.9 Å². The Kier molecular flexibility index (Phi) is 11.3. The van der Waals surface area contributed by atoms with E-state index in [1.54, 1.807) is 21.3 Å². The second kappa shape index (κ2) is 16.0. The second-order valence-electron chi connectivity index (χ2n) is 11.0. The number of nitrogens with one attached hydrogen (secondary N) is 2. The number of amides is 1. The molecule has 4 aromatic rings. The molecule has 0 aliphatic carbocycles. The maximum Gasteiger partial charge on any atom is 0.266 e. The molecule has 47 heavy (non-hydrogen) atoms. The van der Waals surface area contributed by atoms with Gasteiger partial charge in [-0.15, -0.1) is 0 Å². The lowest BCUT2D eigenvalue weighted by molar-refractivity contribution is -0.130. The maximum atomic E-state index is 14.4. The minimum atomic E-state index is -1.37. The number of aliphatic imine (C=N–C) groups is 1. The summed E-state index contributed by atoms with van der Waals surface area (Å²) in [5.74, 6) is 2.76. The summed E-state index contributed by atoms with van der Waals surface area (Å²) in [4.78, 5) is 19.5. The smallest absolute Gasteiger partial charge is 0.266 e. The van der Waals surface area contributed by atoms with Crippen LogP contribution in [0.4, 0.5) is 0 Å². The number of nitrogens with zero attached hydrogens (tertiary/aromatic N) is 1. The molecule has 4 aromatic carbocycles. The van der Waals surface area contributed by atoms with Crippen LogP contribution in [-0.2, 0) is 22.4 Å². The summed E-state index contributed by atoms with van der Waals surface area (Å²) in [5.41, 5.74) is 8.00. The Morgan fingerprint density at radius 1 is 0.872 bits per heavy atom. The van der Waals surface area contributed by atoms with Crippen LogP contribution in [0.5, 0.6) is 23.0 Å². The van der Waals surface area contributed by atoms with Crippen molar-refractivity contribution in [2.24, 2.45) is 4.99 Å². The van der Waals surface area contributed by atoms with Crippen molar-refractivity contribution in [3.63, 3.8) is 0 Å². The Bertz CT molecular complexity index is 1650. The molecule has 0 radical (unpaired) electrons. The fourth-order valence-corrected chi connectivity index (χ4v) is 5.52. The first-order valence-electron chi connectivity index (χ1n) is 15.5. The normalized spacial score (nSPS) is 16.9. The lowest BCUT2D eigenvalue weighted by Crippen LogP contribution is -2.54. The molecule has 0 spiro atoms. The first kappa shape index (κ1) is 33.3. The van der Waals surface area contributed by atoms with E-state index in [4.69, 9.17) is 33.8 Å². The standard InChI is InChI=1S/C37H41N3O7/c1-43-31-12-7-11-29(24-31)34-37(25-26-9-5-4-6-10-26,39-35(47-34)27-13-15-30(16-14-27)46-22-8-21-41)36(42)40-38-20-19-28-23-32(44-2)17-18-33(28)45-3/h4-7,9-18,23-24,34,38,41H,8,19-22,25H2,1-3H3,(H,40,42)/t34-,37-/m0/s1. The number of carbonyl (C=O) groups excluding carboxylic acids is 1. The average molecular weight is 640 g/mol. The molecule has 0 bridgehead atoms. The van der Waals surface area contributed by atoms with Gasteiger partial charge < -0.3 is 28.8 Å². The van der Waals surface area contributed by atoms with Crippen LogP contribution >= 0.6 is 0 Å². The third kappa shape index (κ3) is 8.03. The predicted octanol–water partition coefficient (Wildman–Crippen LogP) is 4.84.